The van der Waals surface area contributed by atoms with Gasteiger partial charge in [0.05, 0.1) is 28.9 Å². The number of aromatic nitrogens is 4. The van der Waals surface area contributed by atoms with Gasteiger partial charge in [-0.2, -0.15) is 24.2 Å². The minimum absolute atomic E-state index is 0.0121. The molecule has 0 radical (unpaired) electrons. The number of carbonyl (C=O) groups excluding carboxylic acids is 1. The molecule has 9 nitrogen and oxygen atoms in total. The molecule has 12 heteroatoms. The number of nitriles is 1. The van der Waals surface area contributed by atoms with E-state index in [1.54, 1.807) is 30.0 Å². The highest BCUT2D eigenvalue weighted by Crippen LogP contribution is 2.28. The Bertz CT molecular complexity index is 1640. The molecular formula is C26H21ClF2N6O3. The number of alkyl halides is 2. The van der Waals surface area contributed by atoms with Crippen LogP contribution in [0, 0.1) is 11.3 Å². The molecule has 2 atom stereocenters. The Morgan fingerprint density at radius 3 is 2.66 bits per heavy atom. The van der Waals surface area contributed by atoms with Crippen molar-refractivity contribution in [2.45, 2.75) is 45.5 Å². The first-order valence-corrected chi connectivity index (χ1v) is 12.1. The third-order valence-electron chi connectivity index (χ3n) is 6.69. The molecule has 3 heterocycles. The van der Waals surface area contributed by atoms with Crippen molar-refractivity contribution in [3.63, 3.8) is 0 Å². The van der Waals surface area contributed by atoms with Crippen molar-refractivity contribution in [2.24, 2.45) is 0 Å². The zero-order valence-electron chi connectivity index (χ0n) is 20.3. The third-order valence-corrected chi connectivity index (χ3v) is 7.02. The highest BCUT2D eigenvalue weighted by atomic mass is 35.5. The average molecular weight is 539 g/mol. The second-order valence-corrected chi connectivity index (χ2v) is 9.42. The highest BCUT2D eigenvalue weighted by molar-refractivity contribution is 6.31. The van der Waals surface area contributed by atoms with E-state index in [0.29, 0.717) is 34.3 Å². The summed E-state index contributed by atoms with van der Waals surface area (Å²) in [7, 11) is 0. The second-order valence-electron chi connectivity index (χ2n) is 9.02. The number of carbonyl (C=O) groups is 1. The van der Waals surface area contributed by atoms with Gasteiger partial charge < -0.3 is 9.64 Å². The Hall–Kier alpha value is -4.30. The Morgan fingerprint density at radius 2 is 1.97 bits per heavy atom. The van der Waals surface area contributed by atoms with Crippen molar-refractivity contribution < 1.29 is 18.3 Å². The van der Waals surface area contributed by atoms with Crippen LogP contribution in [0.3, 0.4) is 0 Å². The molecule has 0 fully saturated rings. The number of benzene rings is 2. The fourth-order valence-corrected chi connectivity index (χ4v) is 4.82. The van der Waals surface area contributed by atoms with Crippen LogP contribution in [0.1, 0.15) is 52.6 Å². The first-order chi connectivity index (χ1) is 18.2. The van der Waals surface area contributed by atoms with Crippen LogP contribution >= 0.6 is 11.6 Å². The highest BCUT2D eigenvalue weighted by Gasteiger charge is 2.32. The molecule has 0 aliphatic carbocycles. The van der Waals surface area contributed by atoms with Gasteiger partial charge in [-0.1, -0.05) is 23.7 Å². The number of ether oxygens (including phenoxy) is 1. The van der Waals surface area contributed by atoms with Crippen LogP contribution in [0.5, 0.6) is 5.75 Å². The molecule has 1 aliphatic heterocycles. The molecule has 4 aromatic rings. The maximum Gasteiger partial charge on any atom is 0.387 e. The summed E-state index contributed by atoms with van der Waals surface area (Å²) in [6, 6.07) is 11.8. The quantitative estimate of drug-likeness (QED) is 0.377. The van der Waals surface area contributed by atoms with Gasteiger partial charge in [-0.05, 0) is 49.7 Å². The van der Waals surface area contributed by atoms with Crippen LogP contribution in [0.2, 0.25) is 5.02 Å². The van der Waals surface area contributed by atoms with Crippen molar-refractivity contribution in [3.05, 3.63) is 92.1 Å². The molecule has 38 heavy (non-hydrogen) atoms. The van der Waals surface area contributed by atoms with E-state index in [1.165, 1.54) is 39.8 Å². The van der Waals surface area contributed by atoms with Gasteiger partial charge in [-0.25, -0.2) is 9.20 Å². The van der Waals surface area contributed by atoms with Gasteiger partial charge in [0.25, 0.3) is 11.5 Å². The van der Waals surface area contributed by atoms with Gasteiger partial charge >= 0.3 is 6.61 Å². The van der Waals surface area contributed by atoms with Crippen molar-refractivity contribution >= 4 is 23.0 Å². The summed E-state index contributed by atoms with van der Waals surface area (Å²) in [4.78, 5) is 28.6. The predicted octanol–water partition coefficient (Wildman–Crippen LogP) is 4.21. The minimum Gasteiger partial charge on any atom is -0.435 e. The fraction of sp³-hybridized carbons (Fsp3) is 0.269. The van der Waals surface area contributed by atoms with Crippen LogP contribution in [0.15, 0.2) is 53.6 Å². The van der Waals surface area contributed by atoms with Crippen molar-refractivity contribution in [1.82, 2.24) is 24.3 Å². The average Bonchev–Trinajstić information content (AvgIpc) is 3.26. The normalized spacial score (nSPS) is 15.8. The van der Waals surface area contributed by atoms with Gasteiger partial charge in [0.1, 0.15) is 23.7 Å². The van der Waals surface area contributed by atoms with Crippen molar-refractivity contribution in [2.75, 3.05) is 0 Å². The van der Waals surface area contributed by atoms with E-state index in [2.05, 4.69) is 14.9 Å². The molecule has 1 aliphatic rings. The van der Waals surface area contributed by atoms with E-state index in [0.717, 1.165) is 0 Å². The monoisotopic (exact) mass is 538 g/mol. The fourth-order valence-electron chi connectivity index (χ4n) is 4.66. The number of hydrogen-bond acceptors (Lipinski definition) is 6. The number of amides is 1. The molecule has 2 aromatic carbocycles. The molecule has 1 unspecified atom stereocenters. The minimum atomic E-state index is -2.93. The van der Waals surface area contributed by atoms with Gasteiger partial charge in [0, 0.05) is 23.6 Å². The smallest absolute Gasteiger partial charge is 0.387 e. The predicted molar refractivity (Wildman–Crippen MR) is 133 cm³/mol. The number of fused-ring (bicyclic) bond motifs is 3. The van der Waals surface area contributed by atoms with Gasteiger partial charge in [-0.3, -0.25) is 9.59 Å². The van der Waals surface area contributed by atoms with E-state index in [-0.39, 0.29) is 34.8 Å². The Morgan fingerprint density at radius 1 is 1.24 bits per heavy atom. The van der Waals surface area contributed by atoms with Crippen LogP contribution in [0.4, 0.5) is 8.78 Å². The maximum atomic E-state index is 13.6. The number of nitrogens with zero attached hydrogens (tertiary/aromatic N) is 6. The first kappa shape index (κ1) is 25.4. The van der Waals surface area contributed by atoms with E-state index < -0.39 is 18.2 Å². The summed E-state index contributed by atoms with van der Waals surface area (Å²) in [5.74, 6) is -0.275. The maximum absolute atomic E-state index is 13.6. The molecule has 0 saturated heterocycles. The Labute approximate surface area is 220 Å². The van der Waals surface area contributed by atoms with Crippen molar-refractivity contribution in [1.29, 1.82) is 5.26 Å². The summed E-state index contributed by atoms with van der Waals surface area (Å²) in [6.45, 7) is 0.880. The largest absolute Gasteiger partial charge is 0.435 e. The standard InChI is InChI=1S/C26H21ClF2N6O3/c1-14-9-22-20(12-33(14)24(36)17-5-8-21(27)18(10-17)11-30)23-25(37)35(31-13-34(23)32-22)15(2)16-3-6-19(7-4-16)38-26(28)29/h3-8,10,13-15,26H,9,12H2,1-2H3/t14-,15?/m1/s1. The lowest BCUT2D eigenvalue weighted by atomic mass is 9.99. The Balaban J connectivity index is 1.49. The van der Waals surface area contributed by atoms with Crippen LogP contribution in [0.25, 0.3) is 5.52 Å². The number of rotatable bonds is 5. The Kier molecular flexibility index (Phi) is 6.59. The van der Waals surface area contributed by atoms with Gasteiger partial charge in [-0.15, -0.1) is 0 Å². The van der Waals surface area contributed by atoms with Crippen molar-refractivity contribution in [3.8, 4) is 11.8 Å². The van der Waals surface area contributed by atoms with E-state index in [9.17, 15) is 23.6 Å². The lowest BCUT2D eigenvalue weighted by Gasteiger charge is -2.33. The van der Waals surface area contributed by atoms with Crippen LogP contribution in [-0.2, 0) is 13.0 Å². The molecular weight excluding hydrogens is 518 g/mol. The van der Waals surface area contributed by atoms with E-state index in [1.807, 2.05) is 13.0 Å². The topological polar surface area (TPSA) is 106 Å². The van der Waals surface area contributed by atoms with Crippen LogP contribution in [-0.4, -0.2) is 42.9 Å². The number of hydrogen-bond donors (Lipinski definition) is 0. The lowest BCUT2D eigenvalue weighted by molar-refractivity contribution is -0.0498. The summed E-state index contributed by atoms with van der Waals surface area (Å²) < 4.78 is 32.1. The molecule has 0 bridgehead atoms. The SMILES string of the molecule is CC(c1ccc(OC(F)F)cc1)n1ncn2nc3c(c2c1=O)CN(C(=O)c1ccc(Cl)c(C#N)c1)[C@H](C)C3. The zero-order valence-corrected chi connectivity index (χ0v) is 21.1. The molecule has 2 aromatic heterocycles. The molecule has 5 rings (SSSR count). The molecule has 0 spiro atoms. The van der Waals surface area contributed by atoms with Crippen LogP contribution < -0.4 is 10.3 Å². The van der Waals surface area contributed by atoms with Gasteiger partial charge in [0.15, 0.2) is 0 Å². The summed E-state index contributed by atoms with van der Waals surface area (Å²) in [6.07, 6.45) is 1.87. The zero-order chi connectivity index (χ0) is 27.1. The summed E-state index contributed by atoms with van der Waals surface area (Å²) in [5, 5.41) is 18.4. The van der Waals surface area contributed by atoms with Gasteiger partial charge in [0.2, 0.25) is 0 Å². The molecule has 0 N–H and O–H groups in total. The molecule has 0 saturated carbocycles. The second kappa shape index (κ2) is 9.87. The summed E-state index contributed by atoms with van der Waals surface area (Å²) >= 11 is 6.02. The summed E-state index contributed by atoms with van der Waals surface area (Å²) in [5.41, 5.74) is 2.42. The first-order valence-electron chi connectivity index (χ1n) is 11.7. The molecule has 194 valence electrons. The lowest BCUT2D eigenvalue weighted by Crippen LogP contribution is -2.42. The van der Waals surface area contributed by atoms with E-state index in [4.69, 9.17) is 11.6 Å². The third kappa shape index (κ3) is 4.48. The number of halogens is 3. The molecule has 1 amide bonds. The van der Waals surface area contributed by atoms with E-state index >= 15 is 0 Å².